The van der Waals surface area contributed by atoms with E-state index in [9.17, 15) is 14.4 Å². The predicted octanol–water partition coefficient (Wildman–Crippen LogP) is 1.76. The van der Waals surface area contributed by atoms with Crippen LogP contribution >= 0.6 is 0 Å². The molecule has 1 aromatic heterocycles. The molecule has 1 aromatic carbocycles. The molecule has 2 rings (SSSR count). The molecule has 0 atom stereocenters. The van der Waals surface area contributed by atoms with E-state index < -0.39 is 6.03 Å². The van der Waals surface area contributed by atoms with Crippen molar-refractivity contribution in [2.24, 2.45) is 0 Å². The average molecular weight is 373 g/mol. The maximum atomic E-state index is 12.2. The lowest BCUT2D eigenvalue weighted by Crippen LogP contribution is -2.45. The summed E-state index contributed by atoms with van der Waals surface area (Å²) in [5.74, 6) is 0.112. The summed E-state index contributed by atoms with van der Waals surface area (Å²) < 4.78 is 0. The molecule has 0 fully saturated rings. The third-order valence-corrected chi connectivity index (χ3v) is 4.02. The summed E-state index contributed by atoms with van der Waals surface area (Å²) in [5.41, 5.74) is 0.421. The number of para-hydroxylation sites is 1. The zero-order chi connectivity index (χ0) is 19.6. The summed E-state index contributed by atoms with van der Waals surface area (Å²) in [6, 6.07) is 6.64. The second-order valence-corrected chi connectivity index (χ2v) is 6.40. The van der Waals surface area contributed by atoms with Gasteiger partial charge in [-0.2, -0.15) is 0 Å². The van der Waals surface area contributed by atoms with Crippen molar-refractivity contribution in [3.8, 4) is 0 Å². The first-order chi connectivity index (χ1) is 13.0. The van der Waals surface area contributed by atoms with E-state index in [4.69, 9.17) is 0 Å². The van der Waals surface area contributed by atoms with Crippen LogP contribution in [0.5, 0.6) is 0 Å². The number of nitrogens with zero attached hydrogens (tertiary/aromatic N) is 2. The molecule has 0 saturated heterocycles. The van der Waals surface area contributed by atoms with Crippen molar-refractivity contribution in [3.05, 3.63) is 40.4 Å². The lowest BCUT2D eigenvalue weighted by molar-refractivity contribution is -0.121. The third-order valence-electron chi connectivity index (χ3n) is 4.02. The number of rotatable bonds is 9. The van der Waals surface area contributed by atoms with Gasteiger partial charge in [0.05, 0.1) is 24.0 Å². The molecule has 0 saturated carbocycles. The molecule has 8 heteroatoms. The predicted molar refractivity (Wildman–Crippen MR) is 104 cm³/mol. The van der Waals surface area contributed by atoms with Gasteiger partial charge in [0.15, 0.2) is 0 Å². The van der Waals surface area contributed by atoms with Crippen molar-refractivity contribution in [1.82, 2.24) is 25.5 Å². The minimum Gasteiger partial charge on any atom is -0.338 e. The van der Waals surface area contributed by atoms with E-state index in [1.807, 2.05) is 17.9 Å². The lowest BCUT2D eigenvalue weighted by atomic mass is 10.2. The highest BCUT2D eigenvalue weighted by Gasteiger charge is 2.15. The molecule has 3 amide bonds. The quantitative estimate of drug-likeness (QED) is 0.621. The summed E-state index contributed by atoms with van der Waals surface area (Å²) in [4.78, 5) is 45.1. The number of carbonyl (C=O) groups is 2. The number of urea groups is 1. The van der Waals surface area contributed by atoms with E-state index in [0.717, 1.165) is 19.3 Å². The van der Waals surface area contributed by atoms with Crippen LogP contribution in [0.2, 0.25) is 0 Å². The number of nitrogens with one attached hydrogen (secondary N) is 3. The van der Waals surface area contributed by atoms with E-state index in [0.29, 0.717) is 36.4 Å². The second-order valence-electron chi connectivity index (χ2n) is 6.40. The normalized spacial score (nSPS) is 10.9. The zero-order valence-electron chi connectivity index (χ0n) is 15.9. The van der Waals surface area contributed by atoms with Gasteiger partial charge in [-0.15, -0.1) is 0 Å². The molecule has 0 radical (unpaired) electrons. The van der Waals surface area contributed by atoms with Crippen LogP contribution in [0.1, 0.15) is 38.9 Å². The number of amides is 3. The maximum absolute atomic E-state index is 12.2. The third kappa shape index (κ3) is 6.49. The number of fused-ring (bicyclic) bond motifs is 1. The van der Waals surface area contributed by atoms with Crippen molar-refractivity contribution in [2.75, 3.05) is 19.6 Å². The molecule has 2 aromatic rings. The van der Waals surface area contributed by atoms with E-state index in [1.165, 1.54) is 0 Å². The van der Waals surface area contributed by atoms with Gasteiger partial charge in [-0.05, 0) is 31.5 Å². The Morgan fingerprint density at radius 1 is 1.19 bits per heavy atom. The van der Waals surface area contributed by atoms with Gasteiger partial charge in [0.25, 0.3) is 5.56 Å². The van der Waals surface area contributed by atoms with Gasteiger partial charge in [-0.3, -0.25) is 19.8 Å². The summed E-state index contributed by atoms with van der Waals surface area (Å²) >= 11 is 0. The Kier molecular flexibility index (Phi) is 7.94. The first-order valence-electron chi connectivity index (χ1n) is 9.31. The minimum atomic E-state index is -0.491. The molecule has 146 valence electrons. The topological polar surface area (TPSA) is 107 Å². The molecule has 0 aliphatic heterocycles. The zero-order valence-corrected chi connectivity index (χ0v) is 15.9. The van der Waals surface area contributed by atoms with Crippen molar-refractivity contribution in [1.29, 1.82) is 0 Å². The number of H-pyrrole nitrogens is 1. The molecule has 0 aliphatic carbocycles. The largest absolute Gasteiger partial charge is 0.338 e. The molecule has 0 aliphatic rings. The fourth-order valence-electron chi connectivity index (χ4n) is 2.67. The van der Waals surface area contributed by atoms with Gasteiger partial charge in [-0.25, -0.2) is 9.78 Å². The van der Waals surface area contributed by atoms with Gasteiger partial charge in [0, 0.05) is 6.54 Å². The number of benzene rings is 1. The Balaban J connectivity index is 2.06. The van der Waals surface area contributed by atoms with E-state index >= 15 is 0 Å². The highest BCUT2D eigenvalue weighted by molar-refractivity contribution is 5.95. The molecular formula is C19H27N5O3. The summed E-state index contributed by atoms with van der Waals surface area (Å²) in [6.07, 6.45) is 2.66. The number of hydrogen-bond donors (Lipinski definition) is 3. The fourth-order valence-corrected chi connectivity index (χ4v) is 2.67. The highest BCUT2D eigenvalue weighted by Crippen LogP contribution is 2.07. The molecular weight excluding hydrogens is 346 g/mol. The minimum absolute atomic E-state index is 0.0517. The lowest BCUT2D eigenvalue weighted by Gasteiger charge is -2.21. The Morgan fingerprint density at radius 2 is 1.96 bits per heavy atom. The molecule has 1 heterocycles. The molecule has 8 nitrogen and oxygen atoms in total. The Hall–Kier alpha value is -2.74. The Bertz CT molecular complexity index is 833. The molecule has 3 N–H and O–H groups in total. The van der Waals surface area contributed by atoms with Crippen molar-refractivity contribution >= 4 is 22.8 Å². The van der Waals surface area contributed by atoms with Gasteiger partial charge in [0.2, 0.25) is 5.91 Å². The van der Waals surface area contributed by atoms with Crippen LogP contribution in [0.4, 0.5) is 4.79 Å². The van der Waals surface area contributed by atoms with E-state index in [-0.39, 0.29) is 18.0 Å². The van der Waals surface area contributed by atoms with Crippen LogP contribution in [0.25, 0.3) is 10.9 Å². The second kappa shape index (κ2) is 10.4. The van der Waals surface area contributed by atoms with Gasteiger partial charge >= 0.3 is 6.03 Å². The van der Waals surface area contributed by atoms with Crippen molar-refractivity contribution < 1.29 is 9.59 Å². The maximum Gasteiger partial charge on any atom is 0.321 e. The SMILES string of the molecule is CCCCN(CC(=O)NC(=O)NCCC)Cc1nc2ccccc2c(=O)[nH]1. The van der Waals surface area contributed by atoms with Gasteiger partial charge < -0.3 is 10.3 Å². The highest BCUT2D eigenvalue weighted by atomic mass is 16.2. The van der Waals surface area contributed by atoms with Crippen molar-refractivity contribution in [2.45, 2.75) is 39.7 Å². The fraction of sp³-hybridized carbons (Fsp3) is 0.474. The molecule has 0 bridgehead atoms. The number of imide groups is 1. The van der Waals surface area contributed by atoms with Gasteiger partial charge in [-0.1, -0.05) is 32.4 Å². The standard InChI is InChI=1S/C19H27N5O3/c1-3-5-11-24(13-17(25)23-19(27)20-10-4-2)12-16-21-15-9-7-6-8-14(15)18(26)22-16/h6-9H,3-5,10-13H2,1-2H3,(H,21,22,26)(H2,20,23,25,27). The number of aromatic nitrogens is 2. The number of unbranched alkanes of at least 4 members (excludes halogenated alkanes) is 1. The van der Waals surface area contributed by atoms with Crippen LogP contribution in [-0.4, -0.2) is 46.4 Å². The average Bonchev–Trinajstić information content (AvgIpc) is 2.64. The number of hydrogen-bond acceptors (Lipinski definition) is 5. The van der Waals surface area contributed by atoms with E-state index in [2.05, 4.69) is 27.5 Å². The number of carbonyl (C=O) groups excluding carboxylic acids is 2. The van der Waals surface area contributed by atoms with Crippen LogP contribution in [0, 0.1) is 0 Å². The Morgan fingerprint density at radius 3 is 2.70 bits per heavy atom. The summed E-state index contributed by atoms with van der Waals surface area (Å²) in [6.45, 7) is 5.55. The molecule has 0 spiro atoms. The summed E-state index contributed by atoms with van der Waals surface area (Å²) in [7, 11) is 0. The first kappa shape index (κ1) is 20.6. The smallest absolute Gasteiger partial charge is 0.321 e. The van der Waals surface area contributed by atoms with Gasteiger partial charge in [0.1, 0.15) is 5.82 Å². The Labute approximate surface area is 158 Å². The summed E-state index contributed by atoms with van der Waals surface area (Å²) in [5, 5.41) is 5.47. The van der Waals surface area contributed by atoms with Crippen LogP contribution in [0.3, 0.4) is 0 Å². The molecule has 0 unspecified atom stereocenters. The first-order valence-corrected chi connectivity index (χ1v) is 9.31. The van der Waals surface area contributed by atoms with E-state index in [1.54, 1.807) is 18.2 Å². The van der Waals surface area contributed by atoms with Crippen LogP contribution < -0.4 is 16.2 Å². The van der Waals surface area contributed by atoms with Crippen LogP contribution in [0.15, 0.2) is 29.1 Å². The van der Waals surface area contributed by atoms with Crippen molar-refractivity contribution in [3.63, 3.8) is 0 Å². The molecule has 27 heavy (non-hydrogen) atoms. The monoisotopic (exact) mass is 373 g/mol. The van der Waals surface area contributed by atoms with Crippen LogP contribution in [-0.2, 0) is 11.3 Å². The number of aromatic amines is 1.